The molecule has 1 atom stereocenters. The van der Waals surface area contributed by atoms with Crippen molar-refractivity contribution in [3.8, 4) is 0 Å². The molecule has 1 aromatic carbocycles. The first-order valence-corrected chi connectivity index (χ1v) is 9.49. The Hall–Kier alpha value is -1.40. The number of hydrogen-bond acceptors (Lipinski definition) is 4. The maximum Gasteiger partial charge on any atom is 0.229 e. The second-order valence-electron chi connectivity index (χ2n) is 5.48. The molecule has 0 amide bonds. The Morgan fingerprint density at radius 1 is 1.23 bits per heavy atom. The highest BCUT2D eigenvalue weighted by atomic mass is 32.2. The minimum absolute atomic E-state index is 0.479. The largest absolute Gasteiger partial charge is 0.382 e. The van der Waals surface area contributed by atoms with E-state index in [1.807, 2.05) is 6.92 Å². The SMILES string of the molecule is CCCCCCN=C(C)C(O)c1ccc(NS(C)(=O)=O)cc1. The summed E-state index contributed by atoms with van der Waals surface area (Å²) in [6.45, 7) is 4.71. The van der Waals surface area contributed by atoms with Gasteiger partial charge in [0.1, 0.15) is 6.10 Å². The van der Waals surface area contributed by atoms with Gasteiger partial charge in [0.2, 0.25) is 10.0 Å². The third-order valence-electron chi connectivity index (χ3n) is 3.30. The van der Waals surface area contributed by atoms with E-state index in [4.69, 9.17) is 0 Å². The zero-order chi connectivity index (χ0) is 16.6. The molecule has 0 spiro atoms. The van der Waals surface area contributed by atoms with Gasteiger partial charge in [0, 0.05) is 17.9 Å². The van der Waals surface area contributed by atoms with Crippen LogP contribution in [0.25, 0.3) is 0 Å². The highest BCUT2D eigenvalue weighted by molar-refractivity contribution is 7.92. The minimum Gasteiger partial charge on any atom is -0.382 e. The van der Waals surface area contributed by atoms with E-state index in [-0.39, 0.29) is 0 Å². The quantitative estimate of drug-likeness (QED) is 0.540. The number of rotatable bonds is 9. The van der Waals surface area contributed by atoms with Crippen LogP contribution in [0.4, 0.5) is 5.69 Å². The summed E-state index contributed by atoms with van der Waals surface area (Å²) in [6, 6.07) is 6.67. The molecule has 0 saturated carbocycles. The molecule has 124 valence electrons. The van der Waals surface area contributed by atoms with Crippen molar-refractivity contribution in [2.75, 3.05) is 17.5 Å². The lowest BCUT2D eigenvalue weighted by atomic mass is 10.1. The Balaban J connectivity index is 2.60. The molecule has 22 heavy (non-hydrogen) atoms. The van der Waals surface area contributed by atoms with Gasteiger partial charge in [-0.2, -0.15) is 0 Å². The molecule has 0 aliphatic rings. The van der Waals surface area contributed by atoms with Gasteiger partial charge in [-0.1, -0.05) is 38.3 Å². The zero-order valence-electron chi connectivity index (χ0n) is 13.5. The number of sulfonamides is 1. The number of aliphatic imine (C=N–C) groups is 1. The fourth-order valence-electron chi connectivity index (χ4n) is 2.07. The number of unbranched alkanes of at least 4 members (excludes halogenated alkanes) is 3. The minimum atomic E-state index is -3.28. The first-order valence-electron chi connectivity index (χ1n) is 7.60. The van der Waals surface area contributed by atoms with Gasteiger partial charge >= 0.3 is 0 Å². The van der Waals surface area contributed by atoms with Gasteiger partial charge in [-0.15, -0.1) is 0 Å². The molecule has 0 heterocycles. The average molecular weight is 326 g/mol. The van der Waals surface area contributed by atoms with E-state index in [1.54, 1.807) is 24.3 Å². The van der Waals surface area contributed by atoms with Crippen LogP contribution in [0, 0.1) is 0 Å². The molecular weight excluding hydrogens is 300 g/mol. The van der Waals surface area contributed by atoms with Crippen molar-refractivity contribution < 1.29 is 13.5 Å². The summed E-state index contributed by atoms with van der Waals surface area (Å²) in [6.07, 6.45) is 4.96. The van der Waals surface area contributed by atoms with E-state index in [2.05, 4.69) is 16.6 Å². The van der Waals surface area contributed by atoms with Crippen LogP contribution in [0.2, 0.25) is 0 Å². The molecular formula is C16H26N2O3S. The van der Waals surface area contributed by atoms with Crippen LogP contribution in [-0.4, -0.2) is 32.0 Å². The second-order valence-corrected chi connectivity index (χ2v) is 7.23. The Kier molecular flexibility index (Phi) is 7.55. The Morgan fingerprint density at radius 2 is 1.86 bits per heavy atom. The van der Waals surface area contributed by atoms with Gasteiger partial charge < -0.3 is 5.11 Å². The molecule has 0 fully saturated rings. The Bertz CT molecular complexity index is 580. The van der Waals surface area contributed by atoms with Crippen LogP contribution in [0.3, 0.4) is 0 Å². The third kappa shape index (κ3) is 7.04. The lowest BCUT2D eigenvalue weighted by Gasteiger charge is -2.12. The van der Waals surface area contributed by atoms with Crippen LogP contribution in [0.15, 0.2) is 29.3 Å². The molecule has 1 aromatic rings. The van der Waals surface area contributed by atoms with E-state index in [1.165, 1.54) is 12.8 Å². The molecule has 0 aliphatic heterocycles. The highest BCUT2D eigenvalue weighted by Crippen LogP contribution is 2.18. The van der Waals surface area contributed by atoms with Crippen molar-refractivity contribution in [2.45, 2.75) is 45.6 Å². The molecule has 5 nitrogen and oxygen atoms in total. The predicted molar refractivity (Wildman–Crippen MR) is 92.0 cm³/mol. The summed E-state index contributed by atoms with van der Waals surface area (Å²) >= 11 is 0. The average Bonchev–Trinajstić information content (AvgIpc) is 2.45. The smallest absolute Gasteiger partial charge is 0.229 e. The lowest BCUT2D eigenvalue weighted by molar-refractivity contribution is 0.246. The molecule has 1 unspecified atom stereocenters. The fraction of sp³-hybridized carbons (Fsp3) is 0.562. The molecule has 0 radical (unpaired) electrons. The summed E-state index contributed by atoms with van der Waals surface area (Å²) in [5.41, 5.74) is 1.86. The topological polar surface area (TPSA) is 78.8 Å². The molecule has 0 saturated heterocycles. The summed E-state index contributed by atoms with van der Waals surface area (Å²) in [7, 11) is -3.28. The maximum atomic E-state index is 11.1. The van der Waals surface area contributed by atoms with Crippen LogP contribution >= 0.6 is 0 Å². The van der Waals surface area contributed by atoms with Gasteiger partial charge in [0.05, 0.1) is 6.26 Å². The highest BCUT2D eigenvalue weighted by Gasteiger charge is 2.11. The van der Waals surface area contributed by atoms with E-state index in [9.17, 15) is 13.5 Å². The Morgan fingerprint density at radius 3 is 2.41 bits per heavy atom. The second kappa shape index (κ2) is 8.90. The number of anilines is 1. The maximum absolute atomic E-state index is 11.1. The molecule has 0 aliphatic carbocycles. The molecule has 6 heteroatoms. The normalized spacial score (nSPS) is 13.9. The van der Waals surface area contributed by atoms with Crippen LogP contribution in [0.1, 0.15) is 51.2 Å². The number of hydrogen-bond donors (Lipinski definition) is 2. The van der Waals surface area contributed by atoms with E-state index in [0.29, 0.717) is 17.0 Å². The molecule has 2 N–H and O–H groups in total. The lowest BCUT2D eigenvalue weighted by Crippen LogP contribution is -2.11. The summed E-state index contributed by atoms with van der Waals surface area (Å²) < 4.78 is 24.7. The van der Waals surface area contributed by atoms with E-state index >= 15 is 0 Å². The van der Waals surface area contributed by atoms with Gasteiger partial charge in [-0.3, -0.25) is 9.71 Å². The number of aliphatic hydroxyl groups is 1. The predicted octanol–water partition coefficient (Wildman–Crippen LogP) is 3.13. The zero-order valence-corrected chi connectivity index (χ0v) is 14.4. The molecule has 0 aromatic heterocycles. The third-order valence-corrected chi connectivity index (χ3v) is 3.90. The Labute approximate surface area is 133 Å². The van der Waals surface area contributed by atoms with Crippen molar-refractivity contribution in [1.29, 1.82) is 0 Å². The number of aliphatic hydroxyl groups excluding tert-OH is 1. The van der Waals surface area contributed by atoms with Crippen molar-refractivity contribution >= 4 is 21.4 Å². The fourth-order valence-corrected chi connectivity index (χ4v) is 2.63. The van der Waals surface area contributed by atoms with E-state index < -0.39 is 16.1 Å². The molecule has 1 rings (SSSR count). The van der Waals surface area contributed by atoms with Crippen molar-refractivity contribution in [2.24, 2.45) is 4.99 Å². The van der Waals surface area contributed by atoms with E-state index in [0.717, 1.165) is 25.6 Å². The first-order chi connectivity index (χ1) is 10.3. The summed E-state index contributed by atoms with van der Waals surface area (Å²) in [5.74, 6) is 0. The number of nitrogens with zero attached hydrogens (tertiary/aromatic N) is 1. The van der Waals surface area contributed by atoms with Gasteiger partial charge in [0.15, 0.2) is 0 Å². The van der Waals surface area contributed by atoms with Crippen molar-refractivity contribution in [1.82, 2.24) is 0 Å². The van der Waals surface area contributed by atoms with Crippen molar-refractivity contribution in [3.05, 3.63) is 29.8 Å². The first kappa shape index (κ1) is 18.6. The molecule has 0 bridgehead atoms. The van der Waals surface area contributed by atoms with Gasteiger partial charge in [0.25, 0.3) is 0 Å². The standard InChI is InChI=1S/C16H26N2O3S/c1-4-5-6-7-12-17-13(2)16(19)14-8-10-15(11-9-14)18-22(3,20)21/h8-11,16,18-19H,4-7,12H2,1-3H3. The monoisotopic (exact) mass is 326 g/mol. The van der Waals surface area contributed by atoms with Crippen LogP contribution in [-0.2, 0) is 10.0 Å². The van der Waals surface area contributed by atoms with Gasteiger partial charge in [-0.05, 0) is 31.0 Å². The van der Waals surface area contributed by atoms with Gasteiger partial charge in [-0.25, -0.2) is 8.42 Å². The van der Waals surface area contributed by atoms with Crippen LogP contribution < -0.4 is 4.72 Å². The van der Waals surface area contributed by atoms with Crippen LogP contribution in [0.5, 0.6) is 0 Å². The number of nitrogens with one attached hydrogen (secondary N) is 1. The summed E-state index contributed by atoms with van der Waals surface area (Å²) in [5, 5.41) is 10.2. The summed E-state index contributed by atoms with van der Waals surface area (Å²) in [4.78, 5) is 4.41. The van der Waals surface area contributed by atoms with Crippen molar-refractivity contribution in [3.63, 3.8) is 0 Å². The number of benzene rings is 1.